The highest BCUT2D eigenvalue weighted by Crippen LogP contribution is 2.36. The third kappa shape index (κ3) is 2.18. The normalized spacial score (nSPS) is 26.8. The number of hydrogen-bond acceptors (Lipinski definition) is 2. The minimum atomic E-state index is 0.444. The topological polar surface area (TPSA) is 25.8 Å². The van der Waals surface area contributed by atoms with Crippen LogP contribution in [0.2, 0.25) is 10.3 Å². The number of hydrogen-bond donors (Lipinski definition) is 0. The van der Waals surface area contributed by atoms with Crippen molar-refractivity contribution in [2.75, 3.05) is 0 Å². The Kier molecular flexibility index (Phi) is 2.93. The highest BCUT2D eigenvalue weighted by atomic mass is 35.5. The van der Waals surface area contributed by atoms with Crippen molar-refractivity contribution in [3.8, 4) is 0 Å². The Hall–Kier alpha value is -0.340. The van der Waals surface area contributed by atoms with Gasteiger partial charge in [-0.1, -0.05) is 30.1 Å². The van der Waals surface area contributed by atoms with Gasteiger partial charge in [0.1, 0.15) is 16.1 Å². The summed E-state index contributed by atoms with van der Waals surface area (Å²) in [4.78, 5) is 8.44. The largest absolute Gasteiger partial charge is 0.221 e. The highest BCUT2D eigenvalue weighted by Gasteiger charge is 2.25. The molecule has 2 nitrogen and oxygen atoms in total. The van der Waals surface area contributed by atoms with Crippen molar-refractivity contribution in [1.29, 1.82) is 0 Å². The van der Waals surface area contributed by atoms with Crippen LogP contribution < -0.4 is 0 Å². The van der Waals surface area contributed by atoms with Gasteiger partial charge in [0.2, 0.25) is 0 Å². The second kappa shape index (κ2) is 4.03. The molecule has 2 unspecified atom stereocenters. The fourth-order valence-electron chi connectivity index (χ4n) is 2.03. The molecule has 4 heteroatoms. The molecular formula is C10H12Cl2N2. The van der Waals surface area contributed by atoms with Crippen LogP contribution in [-0.2, 0) is 0 Å². The highest BCUT2D eigenvalue weighted by molar-refractivity contribution is 6.33. The molecule has 1 aromatic rings. The zero-order valence-electron chi connectivity index (χ0n) is 8.00. The molecule has 2 atom stereocenters. The molecule has 0 aromatic carbocycles. The van der Waals surface area contributed by atoms with E-state index in [2.05, 4.69) is 16.9 Å². The molecule has 0 radical (unpaired) electrons. The lowest BCUT2D eigenvalue weighted by molar-refractivity contribution is 0.585. The Morgan fingerprint density at radius 2 is 1.86 bits per heavy atom. The van der Waals surface area contributed by atoms with Crippen molar-refractivity contribution in [2.24, 2.45) is 5.92 Å². The van der Waals surface area contributed by atoms with E-state index in [1.807, 2.05) is 0 Å². The maximum Gasteiger partial charge on any atom is 0.134 e. The lowest BCUT2D eigenvalue weighted by Crippen LogP contribution is -2.01. The average molecular weight is 231 g/mol. The van der Waals surface area contributed by atoms with Crippen LogP contribution in [0.15, 0.2) is 6.07 Å². The molecule has 0 amide bonds. The van der Waals surface area contributed by atoms with Crippen molar-refractivity contribution < 1.29 is 0 Å². The van der Waals surface area contributed by atoms with Gasteiger partial charge in [0, 0.05) is 12.0 Å². The van der Waals surface area contributed by atoms with E-state index in [1.54, 1.807) is 6.07 Å². The summed E-state index contributed by atoms with van der Waals surface area (Å²) in [6.07, 6.45) is 3.55. The Labute approximate surface area is 93.7 Å². The lowest BCUT2D eigenvalue weighted by Gasteiger charge is -2.08. The van der Waals surface area contributed by atoms with Gasteiger partial charge in [-0.3, -0.25) is 0 Å². The van der Waals surface area contributed by atoms with E-state index < -0.39 is 0 Å². The molecular weight excluding hydrogens is 219 g/mol. The Morgan fingerprint density at radius 1 is 1.21 bits per heavy atom. The van der Waals surface area contributed by atoms with Gasteiger partial charge in [-0.05, 0) is 25.2 Å². The summed E-state index contributed by atoms with van der Waals surface area (Å²) >= 11 is 11.7. The predicted octanol–water partition coefficient (Wildman–Crippen LogP) is 3.69. The molecule has 0 N–H and O–H groups in total. The van der Waals surface area contributed by atoms with Crippen molar-refractivity contribution in [3.05, 3.63) is 22.2 Å². The molecule has 1 heterocycles. The third-order valence-corrected chi connectivity index (χ3v) is 3.13. The minimum Gasteiger partial charge on any atom is -0.221 e. The van der Waals surface area contributed by atoms with E-state index in [0.29, 0.717) is 16.2 Å². The van der Waals surface area contributed by atoms with Gasteiger partial charge >= 0.3 is 0 Å². The van der Waals surface area contributed by atoms with Crippen LogP contribution in [0.1, 0.15) is 37.9 Å². The molecule has 1 aliphatic rings. The Balaban J connectivity index is 2.23. The fraction of sp³-hybridized carbons (Fsp3) is 0.600. The molecule has 0 spiro atoms. The van der Waals surface area contributed by atoms with Crippen LogP contribution in [-0.4, -0.2) is 9.97 Å². The summed E-state index contributed by atoms with van der Waals surface area (Å²) in [5, 5.41) is 0.888. The first kappa shape index (κ1) is 10.2. The van der Waals surface area contributed by atoms with Gasteiger partial charge in [-0.25, -0.2) is 9.97 Å². The van der Waals surface area contributed by atoms with Crippen molar-refractivity contribution >= 4 is 23.2 Å². The van der Waals surface area contributed by atoms with Crippen molar-refractivity contribution in [1.82, 2.24) is 9.97 Å². The number of rotatable bonds is 1. The van der Waals surface area contributed by atoms with Gasteiger partial charge < -0.3 is 0 Å². The van der Waals surface area contributed by atoms with Crippen LogP contribution in [0.4, 0.5) is 0 Å². The van der Waals surface area contributed by atoms with Crippen LogP contribution >= 0.6 is 23.2 Å². The number of halogens is 2. The molecule has 0 aliphatic heterocycles. The lowest BCUT2D eigenvalue weighted by atomic mass is 10.1. The Morgan fingerprint density at radius 3 is 2.36 bits per heavy atom. The number of nitrogens with zero attached hydrogens (tertiary/aromatic N) is 2. The summed E-state index contributed by atoms with van der Waals surface area (Å²) in [5.41, 5.74) is 0. The average Bonchev–Trinajstić information content (AvgIpc) is 2.50. The molecule has 1 fully saturated rings. The van der Waals surface area contributed by atoms with Crippen LogP contribution in [0.5, 0.6) is 0 Å². The fourth-order valence-corrected chi connectivity index (χ4v) is 2.47. The molecule has 1 aliphatic carbocycles. The molecule has 76 valence electrons. The molecule has 2 rings (SSSR count). The summed E-state index contributed by atoms with van der Waals surface area (Å²) in [6, 6.07) is 1.57. The van der Waals surface area contributed by atoms with Gasteiger partial charge in [0.25, 0.3) is 0 Å². The molecule has 0 saturated heterocycles. The molecule has 0 bridgehead atoms. The second-order valence-corrected chi connectivity index (χ2v) is 4.76. The molecule has 1 saturated carbocycles. The smallest absolute Gasteiger partial charge is 0.134 e. The van der Waals surface area contributed by atoms with E-state index in [9.17, 15) is 0 Å². The Bertz CT molecular complexity index is 321. The molecule has 1 aromatic heterocycles. The summed E-state index contributed by atoms with van der Waals surface area (Å²) in [6.45, 7) is 2.26. The van der Waals surface area contributed by atoms with E-state index in [0.717, 1.165) is 24.6 Å². The van der Waals surface area contributed by atoms with E-state index in [1.165, 1.54) is 6.42 Å². The van der Waals surface area contributed by atoms with Crippen LogP contribution in [0, 0.1) is 5.92 Å². The van der Waals surface area contributed by atoms with Gasteiger partial charge in [0.15, 0.2) is 0 Å². The van der Waals surface area contributed by atoms with E-state index in [-0.39, 0.29) is 0 Å². The van der Waals surface area contributed by atoms with Crippen LogP contribution in [0.25, 0.3) is 0 Å². The predicted molar refractivity (Wildman–Crippen MR) is 57.8 cm³/mol. The summed E-state index contributed by atoms with van der Waals surface area (Å²) < 4.78 is 0. The first-order valence-corrected chi connectivity index (χ1v) is 5.60. The second-order valence-electron chi connectivity index (χ2n) is 3.99. The zero-order chi connectivity index (χ0) is 10.1. The monoisotopic (exact) mass is 230 g/mol. The van der Waals surface area contributed by atoms with E-state index in [4.69, 9.17) is 23.2 Å². The van der Waals surface area contributed by atoms with Gasteiger partial charge in [-0.15, -0.1) is 0 Å². The zero-order valence-corrected chi connectivity index (χ0v) is 9.52. The van der Waals surface area contributed by atoms with Gasteiger partial charge in [-0.2, -0.15) is 0 Å². The summed E-state index contributed by atoms with van der Waals surface area (Å²) in [7, 11) is 0. The van der Waals surface area contributed by atoms with Crippen molar-refractivity contribution in [2.45, 2.75) is 32.1 Å². The first-order valence-electron chi connectivity index (χ1n) is 4.85. The van der Waals surface area contributed by atoms with Gasteiger partial charge in [0.05, 0.1) is 0 Å². The third-order valence-electron chi connectivity index (χ3n) is 2.74. The maximum absolute atomic E-state index is 5.83. The van der Waals surface area contributed by atoms with E-state index >= 15 is 0 Å². The van der Waals surface area contributed by atoms with Crippen molar-refractivity contribution in [3.63, 3.8) is 0 Å². The summed E-state index contributed by atoms with van der Waals surface area (Å²) in [5.74, 6) is 2.02. The molecule has 14 heavy (non-hydrogen) atoms. The first-order chi connectivity index (χ1) is 6.65. The number of aromatic nitrogens is 2. The SMILES string of the molecule is CC1CCC(c2nc(Cl)cc(Cl)n2)C1. The van der Waals surface area contributed by atoms with Crippen LogP contribution in [0.3, 0.4) is 0 Å². The maximum atomic E-state index is 5.83. The minimum absolute atomic E-state index is 0.444. The quantitative estimate of drug-likeness (QED) is 0.689. The standard InChI is InChI=1S/C10H12Cl2N2/c1-6-2-3-7(4-6)10-13-8(11)5-9(12)14-10/h5-7H,2-4H2,1H3.